The van der Waals surface area contributed by atoms with Gasteiger partial charge in [-0.3, -0.25) is 4.40 Å². The summed E-state index contributed by atoms with van der Waals surface area (Å²) < 4.78 is 25.3. The van der Waals surface area contributed by atoms with Crippen LogP contribution in [0.5, 0.6) is 0 Å². The van der Waals surface area contributed by atoms with Gasteiger partial charge in [0.1, 0.15) is 0 Å². The Morgan fingerprint density at radius 1 is 0.962 bits per heavy atom. The van der Waals surface area contributed by atoms with Crippen LogP contribution >= 0.6 is 11.6 Å². The van der Waals surface area contributed by atoms with Crippen LogP contribution in [0.3, 0.4) is 0 Å². The molecule has 0 aliphatic rings. The third-order valence-electron chi connectivity index (χ3n) is 4.08. The fourth-order valence-corrected chi connectivity index (χ4v) is 3.59. The topological polar surface area (TPSA) is 64.3 Å². The van der Waals surface area contributed by atoms with Crippen molar-refractivity contribution in [2.24, 2.45) is 0 Å². The monoisotopic (exact) mass is 383 g/mol. The zero-order valence-electron chi connectivity index (χ0n) is 13.8. The molecular formula is C19H14ClN3O2S. The molecule has 0 aliphatic heterocycles. The Kier molecular flexibility index (Phi) is 4.01. The summed E-state index contributed by atoms with van der Waals surface area (Å²) in [5.74, 6) is 0.569. The van der Waals surface area contributed by atoms with Crippen molar-refractivity contribution < 1.29 is 8.42 Å². The second-order valence-electron chi connectivity index (χ2n) is 5.90. The first-order valence-corrected chi connectivity index (χ1v) is 10.1. The van der Waals surface area contributed by atoms with Crippen molar-refractivity contribution in [3.05, 3.63) is 72.0 Å². The van der Waals surface area contributed by atoms with Crippen LogP contribution in [0.4, 0.5) is 0 Å². The standard InChI is InChI=1S/C19H14ClN3O2S/c1-26(24,25)16-9-5-14(6-10-16)18-17(13-3-7-15(20)8-4-13)22-19-21-11-2-12-23(18)19/h2-12H,1H3. The number of nitrogens with zero attached hydrogens (tertiary/aromatic N) is 3. The molecule has 2 aromatic carbocycles. The molecule has 0 amide bonds. The number of fused-ring (bicyclic) bond motifs is 1. The second kappa shape index (κ2) is 6.23. The van der Waals surface area contributed by atoms with Crippen molar-refractivity contribution in [2.45, 2.75) is 4.90 Å². The fraction of sp³-hybridized carbons (Fsp3) is 0.0526. The molecule has 5 nitrogen and oxygen atoms in total. The van der Waals surface area contributed by atoms with E-state index in [1.807, 2.05) is 40.9 Å². The van der Waals surface area contributed by atoms with E-state index in [1.54, 1.807) is 30.5 Å². The van der Waals surface area contributed by atoms with Crippen molar-refractivity contribution in [2.75, 3.05) is 6.26 Å². The van der Waals surface area contributed by atoms with Crippen LogP contribution in [0.25, 0.3) is 28.3 Å². The maximum atomic E-state index is 11.7. The van der Waals surface area contributed by atoms with Gasteiger partial charge < -0.3 is 0 Å². The Hall–Kier alpha value is -2.70. The number of benzene rings is 2. The summed E-state index contributed by atoms with van der Waals surface area (Å²) in [6.07, 6.45) is 4.76. The summed E-state index contributed by atoms with van der Waals surface area (Å²) in [5, 5.41) is 0.648. The van der Waals surface area contributed by atoms with Crippen LogP contribution in [0.1, 0.15) is 0 Å². The molecule has 0 N–H and O–H groups in total. The first-order valence-electron chi connectivity index (χ1n) is 7.83. The van der Waals surface area contributed by atoms with Crippen molar-refractivity contribution in [3.8, 4) is 22.5 Å². The van der Waals surface area contributed by atoms with Crippen LogP contribution < -0.4 is 0 Å². The zero-order valence-corrected chi connectivity index (χ0v) is 15.4. The summed E-state index contributed by atoms with van der Waals surface area (Å²) in [6.45, 7) is 0. The molecule has 130 valence electrons. The number of rotatable bonds is 3. The molecule has 4 rings (SSSR count). The molecule has 26 heavy (non-hydrogen) atoms. The number of sulfone groups is 1. The van der Waals surface area contributed by atoms with Gasteiger partial charge in [-0.25, -0.2) is 18.4 Å². The normalized spacial score (nSPS) is 11.8. The summed E-state index contributed by atoms with van der Waals surface area (Å²) >= 11 is 6.00. The molecule has 2 aromatic heterocycles. The lowest BCUT2D eigenvalue weighted by atomic mass is 10.0. The van der Waals surface area contributed by atoms with E-state index in [0.717, 1.165) is 22.5 Å². The molecule has 4 aromatic rings. The van der Waals surface area contributed by atoms with Gasteiger partial charge in [0.2, 0.25) is 5.78 Å². The quantitative estimate of drug-likeness (QED) is 0.533. The molecule has 0 spiro atoms. The van der Waals surface area contributed by atoms with Gasteiger partial charge in [0.05, 0.1) is 16.3 Å². The molecule has 7 heteroatoms. The van der Waals surface area contributed by atoms with E-state index >= 15 is 0 Å². The van der Waals surface area contributed by atoms with Gasteiger partial charge in [-0.05, 0) is 30.3 Å². The minimum Gasteiger partial charge on any atom is -0.283 e. The highest BCUT2D eigenvalue weighted by Crippen LogP contribution is 2.33. The molecule has 0 atom stereocenters. The maximum absolute atomic E-state index is 11.7. The Morgan fingerprint density at radius 3 is 2.27 bits per heavy atom. The average molecular weight is 384 g/mol. The summed E-state index contributed by atoms with van der Waals surface area (Å²) in [5.41, 5.74) is 3.35. The van der Waals surface area contributed by atoms with Gasteiger partial charge in [0.25, 0.3) is 0 Å². The van der Waals surface area contributed by atoms with E-state index in [1.165, 1.54) is 6.26 Å². The summed E-state index contributed by atoms with van der Waals surface area (Å²) in [7, 11) is -3.25. The van der Waals surface area contributed by atoms with Crippen molar-refractivity contribution in [1.82, 2.24) is 14.4 Å². The zero-order chi connectivity index (χ0) is 18.3. The second-order valence-corrected chi connectivity index (χ2v) is 8.35. The summed E-state index contributed by atoms with van der Waals surface area (Å²) in [4.78, 5) is 9.25. The van der Waals surface area contributed by atoms with Crippen LogP contribution in [0.15, 0.2) is 71.9 Å². The molecule has 2 heterocycles. The van der Waals surface area contributed by atoms with Crippen LogP contribution in [0, 0.1) is 0 Å². The van der Waals surface area contributed by atoms with Crippen LogP contribution in [-0.2, 0) is 9.84 Å². The predicted molar refractivity (Wildman–Crippen MR) is 102 cm³/mol. The molecule has 0 aliphatic carbocycles. The van der Waals surface area contributed by atoms with E-state index < -0.39 is 9.84 Å². The van der Waals surface area contributed by atoms with E-state index in [4.69, 9.17) is 11.6 Å². The van der Waals surface area contributed by atoms with Crippen LogP contribution in [-0.4, -0.2) is 29.0 Å². The van der Waals surface area contributed by atoms with E-state index in [9.17, 15) is 8.42 Å². The SMILES string of the molecule is CS(=O)(=O)c1ccc(-c2c(-c3ccc(Cl)cc3)nc3ncccn23)cc1. The molecule has 0 bridgehead atoms. The van der Waals surface area contributed by atoms with Crippen molar-refractivity contribution >= 4 is 27.2 Å². The number of imidazole rings is 1. The lowest BCUT2D eigenvalue weighted by molar-refractivity contribution is 0.602. The van der Waals surface area contributed by atoms with Gasteiger partial charge >= 0.3 is 0 Å². The number of halogens is 1. The third kappa shape index (κ3) is 2.98. The Morgan fingerprint density at radius 2 is 1.62 bits per heavy atom. The van der Waals surface area contributed by atoms with Gasteiger partial charge in [-0.1, -0.05) is 35.9 Å². The molecule has 0 radical (unpaired) electrons. The van der Waals surface area contributed by atoms with Gasteiger partial charge in [-0.2, -0.15) is 0 Å². The van der Waals surface area contributed by atoms with E-state index in [2.05, 4.69) is 9.97 Å². The minimum absolute atomic E-state index is 0.279. The Bertz CT molecular complexity index is 1200. The van der Waals surface area contributed by atoms with Crippen LogP contribution in [0.2, 0.25) is 5.02 Å². The highest BCUT2D eigenvalue weighted by Gasteiger charge is 2.17. The van der Waals surface area contributed by atoms with Gasteiger partial charge in [0.15, 0.2) is 9.84 Å². The van der Waals surface area contributed by atoms with E-state index in [-0.39, 0.29) is 4.90 Å². The van der Waals surface area contributed by atoms with Crippen molar-refractivity contribution in [3.63, 3.8) is 0 Å². The third-order valence-corrected chi connectivity index (χ3v) is 5.46. The number of aromatic nitrogens is 3. The number of hydrogen-bond acceptors (Lipinski definition) is 4. The maximum Gasteiger partial charge on any atom is 0.234 e. The largest absolute Gasteiger partial charge is 0.283 e. The highest BCUT2D eigenvalue weighted by atomic mass is 35.5. The van der Waals surface area contributed by atoms with Gasteiger partial charge in [0, 0.05) is 34.8 Å². The smallest absolute Gasteiger partial charge is 0.234 e. The molecule has 0 saturated carbocycles. The molecule has 0 unspecified atom stereocenters. The Balaban J connectivity index is 1.96. The molecule has 0 saturated heterocycles. The molecule has 0 fully saturated rings. The molecular weight excluding hydrogens is 370 g/mol. The number of hydrogen-bond donors (Lipinski definition) is 0. The first kappa shape index (κ1) is 16.8. The average Bonchev–Trinajstić information content (AvgIpc) is 3.01. The Labute approximate surface area is 155 Å². The van der Waals surface area contributed by atoms with Crippen molar-refractivity contribution in [1.29, 1.82) is 0 Å². The van der Waals surface area contributed by atoms with Gasteiger partial charge in [-0.15, -0.1) is 0 Å². The minimum atomic E-state index is -3.25. The fourth-order valence-electron chi connectivity index (χ4n) is 2.83. The summed E-state index contributed by atoms with van der Waals surface area (Å²) in [6, 6.07) is 16.0. The highest BCUT2D eigenvalue weighted by molar-refractivity contribution is 7.90. The first-order chi connectivity index (χ1) is 12.4. The van der Waals surface area contributed by atoms with E-state index in [0.29, 0.717) is 10.8 Å². The lowest BCUT2D eigenvalue weighted by Crippen LogP contribution is -1.97. The predicted octanol–water partition coefficient (Wildman–Crippen LogP) is 4.12. The lowest BCUT2D eigenvalue weighted by Gasteiger charge is -2.07.